The smallest absolute Gasteiger partial charge is 0.226 e. The highest BCUT2D eigenvalue weighted by molar-refractivity contribution is 5.83. The summed E-state index contributed by atoms with van der Waals surface area (Å²) in [6.45, 7) is 9.95. The van der Waals surface area contributed by atoms with Crippen LogP contribution in [-0.4, -0.2) is 37.0 Å². The van der Waals surface area contributed by atoms with E-state index < -0.39 is 0 Å². The normalized spacial score (nSPS) is 22.4. The number of hydrogen-bond donors (Lipinski definition) is 0. The molecule has 1 saturated heterocycles. The minimum absolute atomic E-state index is 0.199. The van der Waals surface area contributed by atoms with Gasteiger partial charge in [0, 0.05) is 37.8 Å². The topological polar surface area (TPSA) is 23.6 Å². The van der Waals surface area contributed by atoms with Crippen LogP contribution in [0.1, 0.15) is 34.6 Å². The highest BCUT2D eigenvalue weighted by atomic mass is 16.2. The number of carbonyl (C=O) groups excluding carboxylic acids is 1. The van der Waals surface area contributed by atoms with Gasteiger partial charge in [0.25, 0.3) is 0 Å². The molecule has 0 bridgehead atoms. The Labute approximate surface area is 156 Å². The molecule has 1 amide bonds. The maximum absolute atomic E-state index is 12.9. The fourth-order valence-electron chi connectivity index (χ4n) is 4.11. The Morgan fingerprint density at radius 2 is 1.54 bits per heavy atom. The van der Waals surface area contributed by atoms with Crippen LogP contribution in [0.3, 0.4) is 0 Å². The van der Waals surface area contributed by atoms with Gasteiger partial charge < -0.3 is 9.80 Å². The van der Waals surface area contributed by atoms with Crippen molar-refractivity contribution in [3.63, 3.8) is 0 Å². The third-order valence-electron chi connectivity index (χ3n) is 5.91. The lowest BCUT2D eigenvalue weighted by molar-refractivity contribution is -0.132. The zero-order valence-corrected chi connectivity index (χ0v) is 16.0. The van der Waals surface area contributed by atoms with Crippen LogP contribution in [0.15, 0.2) is 42.5 Å². The molecule has 2 aliphatic rings. The van der Waals surface area contributed by atoms with E-state index in [9.17, 15) is 4.79 Å². The van der Waals surface area contributed by atoms with Gasteiger partial charge in [-0.2, -0.15) is 0 Å². The van der Waals surface area contributed by atoms with Gasteiger partial charge in [0.15, 0.2) is 0 Å². The summed E-state index contributed by atoms with van der Waals surface area (Å²) in [6, 6.07) is 15.3. The van der Waals surface area contributed by atoms with Crippen molar-refractivity contribution >= 4 is 11.6 Å². The molecule has 1 aliphatic heterocycles. The fourth-order valence-corrected chi connectivity index (χ4v) is 4.11. The quantitative estimate of drug-likeness (QED) is 0.835. The van der Waals surface area contributed by atoms with E-state index in [0.717, 1.165) is 32.6 Å². The van der Waals surface area contributed by atoms with Crippen LogP contribution in [0, 0.1) is 26.7 Å². The number of rotatable bonds is 3. The fraction of sp³-hybridized carbons (Fsp3) is 0.435. The lowest BCUT2D eigenvalue weighted by atomic mass is 10.1. The third kappa shape index (κ3) is 3.35. The van der Waals surface area contributed by atoms with Gasteiger partial charge in [-0.25, -0.2) is 0 Å². The molecule has 4 rings (SSSR count). The molecule has 1 saturated carbocycles. The molecule has 3 heteroatoms. The van der Waals surface area contributed by atoms with Crippen molar-refractivity contribution in [1.82, 2.24) is 4.90 Å². The molecule has 0 spiro atoms. The first-order valence-corrected chi connectivity index (χ1v) is 9.70. The SMILES string of the molecule is Cc1ccc(C2C[C@@H]2C(=O)N2CCN(c3cc(C)ccc3C)CC2)cc1. The number of carbonyl (C=O) groups is 1. The van der Waals surface area contributed by atoms with Gasteiger partial charge >= 0.3 is 0 Å². The van der Waals surface area contributed by atoms with Crippen molar-refractivity contribution in [3.8, 4) is 0 Å². The van der Waals surface area contributed by atoms with Crippen LogP contribution in [0.2, 0.25) is 0 Å². The zero-order chi connectivity index (χ0) is 18.3. The van der Waals surface area contributed by atoms with Crippen molar-refractivity contribution in [2.24, 2.45) is 5.92 Å². The summed E-state index contributed by atoms with van der Waals surface area (Å²) in [5, 5.41) is 0. The number of amides is 1. The maximum Gasteiger partial charge on any atom is 0.226 e. The minimum atomic E-state index is 0.199. The Morgan fingerprint density at radius 1 is 0.885 bits per heavy atom. The number of anilines is 1. The number of nitrogens with zero attached hydrogens (tertiary/aromatic N) is 2. The Kier molecular flexibility index (Phi) is 4.47. The van der Waals surface area contributed by atoms with Gasteiger partial charge in [0.1, 0.15) is 0 Å². The van der Waals surface area contributed by atoms with E-state index in [-0.39, 0.29) is 5.92 Å². The van der Waals surface area contributed by atoms with Gasteiger partial charge in [-0.3, -0.25) is 4.79 Å². The van der Waals surface area contributed by atoms with Crippen molar-refractivity contribution in [2.75, 3.05) is 31.1 Å². The molecule has 0 N–H and O–H groups in total. The van der Waals surface area contributed by atoms with Crippen LogP contribution < -0.4 is 4.90 Å². The van der Waals surface area contributed by atoms with E-state index in [1.54, 1.807) is 0 Å². The van der Waals surface area contributed by atoms with E-state index >= 15 is 0 Å². The Morgan fingerprint density at radius 3 is 2.23 bits per heavy atom. The summed E-state index contributed by atoms with van der Waals surface area (Å²) in [7, 11) is 0. The predicted octanol–water partition coefficient (Wildman–Crippen LogP) is 4.06. The van der Waals surface area contributed by atoms with E-state index in [2.05, 4.69) is 73.0 Å². The average molecular weight is 348 g/mol. The monoisotopic (exact) mass is 348 g/mol. The highest BCUT2D eigenvalue weighted by Crippen LogP contribution is 2.48. The molecular weight excluding hydrogens is 320 g/mol. The minimum Gasteiger partial charge on any atom is -0.368 e. The van der Waals surface area contributed by atoms with Crippen molar-refractivity contribution in [1.29, 1.82) is 0 Å². The molecule has 2 atom stereocenters. The molecule has 136 valence electrons. The average Bonchev–Trinajstić information content (AvgIpc) is 3.45. The zero-order valence-electron chi connectivity index (χ0n) is 16.0. The molecule has 26 heavy (non-hydrogen) atoms. The highest BCUT2D eigenvalue weighted by Gasteiger charge is 2.46. The first kappa shape index (κ1) is 17.1. The summed E-state index contributed by atoms with van der Waals surface area (Å²) in [5.41, 5.74) is 6.53. The molecule has 0 radical (unpaired) electrons. The molecule has 3 nitrogen and oxygen atoms in total. The maximum atomic E-state index is 12.9. The second-order valence-corrected chi connectivity index (χ2v) is 7.96. The summed E-state index contributed by atoms with van der Waals surface area (Å²) in [4.78, 5) is 17.4. The molecule has 1 heterocycles. The summed E-state index contributed by atoms with van der Waals surface area (Å²) < 4.78 is 0. The first-order valence-electron chi connectivity index (χ1n) is 9.70. The Hall–Kier alpha value is -2.29. The molecular formula is C23H28N2O. The van der Waals surface area contributed by atoms with Crippen LogP contribution in [-0.2, 0) is 4.79 Å². The third-order valence-corrected chi connectivity index (χ3v) is 5.91. The van der Waals surface area contributed by atoms with Crippen molar-refractivity contribution in [3.05, 3.63) is 64.7 Å². The van der Waals surface area contributed by atoms with Gasteiger partial charge in [0.2, 0.25) is 5.91 Å². The number of hydrogen-bond acceptors (Lipinski definition) is 2. The lowest BCUT2D eigenvalue weighted by Gasteiger charge is -2.37. The standard InChI is InChI=1S/C23H28N2O/c1-16-5-8-19(9-6-16)20-15-21(20)23(26)25-12-10-24(11-13-25)22-14-17(2)4-7-18(22)3/h4-9,14,20-21H,10-13,15H2,1-3H3/t20?,21-/m0/s1. The van der Waals surface area contributed by atoms with Gasteiger partial charge in [-0.1, -0.05) is 42.0 Å². The number of benzene rings is 2. The van der Waals surface area contributed by atoms with Gasteiger partial charge in [-0.05, 0) is 55.9 Å². The van der Waals surface area contributed by atoms with E-state index in [4.69, 9.17) is 0 Å². The first-order chi connectivity index (χ1) is 12.5. The van der Waals surface area contributed by atoms with Gasteiger partial charge in [-0.15, -0.1) is 0 Å². The van der Waals surface area contributed by atoms with Crippen LogP contribution in [0.25, 0.3) is 0 Å². The molecule has 2 fully saturated rings. The van der Waals surface area contributed by atoms with Crippen molar-refractivity contribution < 1.29 is 4.79 Å². The summed E-state index contributed by atoms with van der Waals surface area (Å²) in [5.74, 6) is 0.987. The lowest BCUT2D eigenvalue weighted by Crippen LogP contribution is -2.49. The summed E-state index contributed by atoms with van der Waals surface area (Å²) in [6.07, 6.45) is 1.01. The van der Waals surface area contributed by atoms with Gasteiger partial charge in [0.05, 0.1) is 0 Å². The Balaban J connectivity index is 1.36. The van der Waals surface area contributed by atoms with Crippen molar-refractivity contribution in [2.45, 2.75) is 33.1 Å². The van der Waals surface area contributed by atoms with E-state index in [1.165, 1.54) is 27.9 Å². The largest absolute Gasteiger partial charge is 0.368 e. The predicted molar refractivity (Wildman–Crippen MR) is 107 cm³/mol. The number of piperazine rings is 1. The molecule has 1 unspecified atom stereocenters. The second-order valence-electron chi connectivity index (χ2n) is 7.96. The number of aryl methyl sites for hydroxylation is 3. The summed E-state index contributed by atoms with van der Waals surface area (Å²) >= 11 is 0. The van der Waals surface area contributed by atoms with Crippen LogP contribution in [0.5, 0.6) is 0 Å². The van der Waals surface area contributed by atoms with E-state index in [1.807, 2.05) is 0 Å². The van der Waals surface area contributed by atoms with E-state index in [0.29, 0.717) is 11.8 Å². The molecule has 2 aromatic carbocycles. The molecule has 1 aliphatic carbocycles. The second kappa shape index (κ2) is 6.79. The van der Waals surface area contributed by atoms with Crippen LogP contribution >= 0.6 is 0 Å². The van der Waals surface area contributed by atoms with Crippen LogP contribution in [0.4, 0.5) is 5.69 Å². The Bertz CT molecular complexity index is 803. The molecule has 0 aromatic heterocycles. The molecule has 2 aromatic rings.